The average Bonchev–Trinajstić information content (AvgIpc) is 2.33. The zero-order valence-corrected chi connectivity index (χ0v) is 11.6. The van der Waals surface area contributed by atoms with E-state index >= 15 is 0 Å². The highest BCUT2D eigenvalue weighted by molar-refractivity contribution is 5.69. The Morgan fingerprint density at radius 1 is 0.950 bits per heavy atom. The van der Waals surface area contributed by atoms with Crippen molar-refractivity contribution in [1.82, 2.24) is 0 Å². The van der Waals surface area contributed by atoms with Gasteiger partial charge in [-0.1, -0.05) is 32.6 Å². The van der Waals surface area contributed by atoms with E-state index in [1.165, 1.54) is 0 Å². The first kappa shape index (κ1) is 19.1. The first-order valence-electron chi connectivity index (χ1n) is 6.81. The molecule has 2 nitrogen and oxygen atoms in total. The molecule has 0 rings (SSSR count). The van der Waals surface area contributed by atoms with E-state index in [-0.39, 0.29) is 6.42 Å². The maximum atomic E-state index is 12.5. The maximum Gasteiger partial charge on any atom is 0.453 e. The van der Waals surface area contributed by atoms with Crippen LogP contribution in [-0.2, 0) is 9.53 Å². The minimum absolute atomic E-state index is 0.180. The van der Waals surface area contributed by atoms with Gasteiger partial charge in [-0.25, -0.2) is 0 Å². The van der Waals surface area contributed by atoms with Gasteiger partial charge in [-0.3, -0.25) is 4.79 Å². The van der Waals surface area contributed by atoms with Gasteiger partial charge < -0.3 is 4.74 Å². The van der Waals surface area contributed by atoms with E-state index in [0.29, 0.717) is 6.42 Å². The van der Waals surface area contributed by atoms with Crippen LogP contribution in [0.5, 0.6) is 0 Å². The summed E-state index contributed by atoms with van der Waals surface area (Å²) in [4.78, 5) is 11.2. The number of carbonyl (C=O) groups is 1. The van der Waals surface area contributed by atoms with Crippen LogP contribution in [0.4, 0.5) is 22.0 Å². The number of alkyl halides is 5. The minimum Gasteiger partial charge on any atom is -0.466 e. The van der Waals surface area contributed by atoms with Crippen molar-refractivity contribution >= 4 is 5.97 Å². The van der Waals surface area contributed by atoms with Crippen molar-refractivity contribution in [2.45, 2.75) is 70.4 Å². The predicted molar refractivity (Wildman–Crippen MR) is 64.6 cm³/mol. The summed E-state index contributed by atoms with van der Waals surface area (Å²) in [6.45, 7) is 1.66. The van der Waals surface area contributed by atoms with Crippen LogP contribution in [0.25, 0.3) is 0 Å². The van der Waals surface area contributed by atoms with E-state index in [9.17, 15) is 26.7 Å². The topological polar surface area (TPSA) is 26.3 Å². The molecule has 0 fully saturated rings. The second kappa shape index (κ2) is 9.13. The van der Waals surface area contributed by atoms with Crippen molar-refractivity contribution in [2.75, 3.05) is 6.61 Å². The summed E-state index contributed by atoms with van der Waals surface area (Å²) in [6, 6.07) is 0. The van der Waals surface area contributed by atoms with Gasteiger partial charge in [-0.05, 0) is 12.8 Å². The Balaban J connectivity index is 3.62. The summed E-state index contributed by atoms with van der Waals surface area (Å²) in [5, 5.41) is 0. The van der Waals surface area contributed by atoms with Crippen LogP contribution in [0.3, 0.4) is 0 Å². The zero-order valence-electron chi connectivity index (χ0n) is 11.6. The molecule has 120 valence electrons. The number of ether oxygens (including phenoxy) is 1. The lowest BCUT2D eigenvalue weighted by Crippen LogP contribution is -2.36. The second-order valence-electron chi connectivity index (χ2n) is 4.69. The van der Waals surface area contributed by atoms with Crippen molar-refractivity contribution in [3.05, 3.63) is 0 Å². The quantitative estimate of drug-likeness (QED) is 0.327. The molecule has 0 aromatic rings. The van der Waals surface area contributed by atoms with E-state index < -0.39 is 37.5 Å². The van der Waals surface area contributed by atoms with Gasteiger partial charge in [0.1, 0.15) is 0 Å². The van der Waals surface area contributed by atoms with Gasteiger partial charge in [0.05, 0.1) is 6.61 Å². The first-order chi connectivity index (χ1) is 9.20. The normalized spacial score (nSPS) is 12.5. The summed E-state index contributed by atoms with van der Waals surface area (Å²) in [5.74, 6) is -5.27. The van der Waals surface area contributed by atoms with Crippen molar-refractivity contribution in [1.29, 1.82) is 0 Å². The fourth-order valence-electron chi connectivity index (χ4n) is 1.57. The lowest BCUT2D eigenvalue weighted by atomic mass is 10.1. The Bertz CT molecular complexity index is 276. The van der Waals surface area contributed by atoms with Gasteiger partial charge >= 0.3 is 18.1 Å². The number of halogens is 5. The van der Waals surface area contributed by atoms with Crippen LogP contribution in [-0.4, -0.2) is 24.7 Å². The van der Waals surface area contributed by atoms with E-state index in [4.69, 9.17) is 0 Å². The second-order valence-corrected chi connectivity index (χ2v) is 4.69. The van der Waals surface area contributed by atoms with Gasteiger partial charge in [0, 0.05) is 12.8 Å². The van der Waals surface area contributed by atoms with Gasteiger partial charge in [-0.2, -0.15) is 22.0 Å². The van der Waals surface area contributed by atoms with Crippen molar-refractivity contribution in [3.8, 4) is 0 Å². The number of hydrogen-bond acceptors (Lipinski definition) is 2. The summed E-state index contributed by atoms with van der Waals surface area (Å²) < 4.78 is 65.1. The summed E-state index contributed by atoms with van der Waals surface area (Å²) in [7, 11) is 0. The fraction of sp³-hybridized carbons (Fsp3) is 0.923. The molecule has 0 aliphatic heterocycles. The lowest BCUT2D eigenvalue weighted by molar-refractivity contribution is -0.285. The third kappa shape index (κ3) is 8.32. The average molecular weight is 304 g/mol. The van der Waals surface area contributed by atoms with Crippen LogP contribution in [0.15, 0.2) is 0 Å². The van der Waals surface area contributed by atoms with Crippen LogP contribution >= 0.6 is 0 Å². The van der Waals surface area contributed by atoms with Gasteiger partial charge in [0.15, 0.2) is 0 Å². The molecule has 0 heterocycles. The Morgan fingerprint density at radius 2 is 1.55 bits per heavy atom. The molecule has 0 aliphatic rings. The minimum atomic E-state index is -5.55. The standard InChI is InChI=1S/C13H21F5O2/c1-2-3-4-5-6-8-11(19)20-10-7-9-12(14,15)13(16,17)18/h2-10H2,1H3. The highest BCUT2D eigenvalue weighted by Crippen LogP contribution is 2.38. The molecular formula is C13H21F5O2. The molecule has 0 bridgehead atoms. The molecule has 0 radical (unpaired) electrons. The third-order valence-electron chi connectivity index (χ3n) is 2.80. The molecule has 0 spiro atoms. The van der Waals surface area contributed by atoms with Crippen molar-refractivity contribution in [2.24, 2.45) is 0 Å². The van der Waals surface area contributed by atoms with E-state index in [2.05, 4.69) is 11.7 Å². The van der Waals surface area contributed by atoms with E-state index in [1.54, 1.807) is 0 Å². The number of carbonyl (C=O) groups excluding carboxylic acids is 1. The SMILES string of the molecule is CCCCCCCC(=O)OCCCC(F)(F)C(F)(F)F. The number of esters is 1. The predicted octanol–water partition coefficient (Wildman–Crippen LogP) is 4.87. The highest BCUT2D eigenvalue weighted by atomic mass is 19.4. The van der Waals surface area contributed by atoms with Crippen LogP contribution in [0.2, 0.25) is 0 Å². The highest BCUT2D eigenvalue weighted by Gasteiger charge is 2.56. The Labute approximate surface area is 115 Å². The summed E-state index contributed by atoms with van der Waals surface area (Å²) in [5.41, 5.74) is 0. The smallest absolute Gasteiger partial charge is 0.453 e. The number of unbranched alkanes of at least 4 members (excludes halogenated alkanes) is 4. The molecule has 0 saturated carbocycles. The zero-order chi connectivity index (χ0) is 15.6. The molecule has 0 N–H and O–H groups in total. The largest absolute Gasteiger partial charge is 0.466 e. The van der Waals surface area contributed by atoms with Crippen molar-refractivity contribution < 1.29 is 31.5 Å². The Hall–Kier alpha value is -0.880. The molecule has 0 aliphatic carbocycles. The molecule has 0 aromatic carbocycles. The molecule has 0 saturated heterocycles. The van der Waals surface area contributed by atoms with Crippen molar-refractivity contribution in [3.63, 3.8) is 0 Å². The molecule has 0 aromatic heterocycles. The fourth-order valence-corrected chi connectivity index (χ4v) is 1.57. The maximum absolute atomic E-state index is 12.5. The van der Waals surface area contributed by atoms with Crippen LogP contribution in [0, 0.1) is 0 Å². The Morgan fingerprint density at radius 3 is 2.10 bits per heavy atom. The van der Waals surface area contributed by atoms with E-state index in [0.717, 1.165) is 25.7 Å². The molecule has 0 unspecified atom stereocenters. The number of rotatable bonds is 10. The lowest BCUT2D eigenvalue weighted by Gasteiger charge is -2.19. The number of hydrogen-bond donors (Lipinski definition) is 0. The van der Waals surface area contributed by atoms with Gasteiger partial charge in [0.2, 0.25) is 0 Å². The van der Waals surface area contributed by atoms with E-state index in [1.807, 2.05) is 0 Å². The van der Waals surface area contributed by atoms with Gasteiger partial charge in [-0.15, -0.1) is 0 Å². The first-order valence-corrected chi connectivity index (χ1v) is 6.81. The van der Waals surface area contributed by atoms with Gasteiger partial charge in [0.25, 0.3) is 0 Å². The molecule has 20 heavy (non-hydrogen) atoms. The molecule has 0 amide bonds. The summed E-state index contributed by atoms with van der Waals surface area (Å²) in [6.07, 6.45) is -2.52. The monoisotopic (exact) mass is 304 g/mol. The molecule has 0 atom stereocenters. The molecule has 7 heteroatoms. The Kier molecular flexibility index (Phi) is 8.73. The third-order valence-corrected chi connectivity index (χ3v) is 2.80. The van der Waals surface area contributed by atoms with Crippen LogP contribution in [0.1, 0.15) is 58.3 Å². The summed E-state index contributed by atoms with van der Waals surface area (Å²) >= 11 is 0. The van der Waals surface area contributed by atoms with Crippen LogP contribution < -0.4 is 0 Å². The molecular weight excluding hydrogens is 283 g/mol.